The first-order chi connectivity index (χ1) is 8.11. The average Bonchev–Trinajstić information content (AvgIpc) is 2.28. The van der Waals surface area contributed by atoms with Gasteiger partial charge < -0.3 is 16.2 Å². The highest BCUT2D eigenvalue weighted by atomic mass is 16.4. The molecule has 0 aromatic heterocycles. The van der Waals surface area contributed by atoms with Gasteiger partial charge in [0.05, 0.1) is 0 Å². The molecule has 0 saturated heterocycles. The Balaban J connectivity index is 2.42. The minimum atomic E-state index is -0.886. The first kappa shape index (κ1) is 13.2. The van der Waals surface area contributed by atoms with Crippen LogP contribution in [0.15, 0.2) is 24.3 Å². The van der Waals surface area contributed by atoms with Gasteiger partial charge in [-0.25, -0.2) is 0 Å². The van der Waals surface area contributed by atoms with Crippen molar-refractivity contribution in [1.29, 1.82) is 0 Å². The molecular formula is C12H16N2O3. The summed E-state index contributed by atoms with van der Waals surface area (Å²) in [6.45, 7) is 0.419. The Morgan fingerprint density at radius 2 is 2.06 bits per heavy atom. The molecule has 0 aliphatic rings. The molecule has 17 heavy (non-hydrogen) atoms. The number of carbonyl (C=O) groups is 2. The highest BCUT2D eigenvalue weighted by Gasteiger charge is 2.04. The molecule has 1 aromatic rings. The monoisotopic (exact) mass is 236 g/mol. The fourth-order valence-corrected chi connectivity index (χ4v) is 1.40. The number of aliphatic carboxylic acids is 1. The van der Waals surface area contributed by atoms with Gasteiger partial charge in [-0.15, -0.1) is 0 Å². The number of rotatable bonds is 6. The van der Waals surface area contributed by atoms with E-state index in [-0.39, 0.29) is 18.7 Å². The predicted molar refractivity (Wildman–Crippen MR) is 64.4 cm³/mol. The van der Waals surface area contributed by atoms with Gasteiger partial charge in [-0.1, -0.05) is 12.1 Å². The minimum Gasteiger partial charge on any atom is -0.481 e. The van der Waals surface area contributed by atoms with Crippen LogP contribution >= 0.6 is 0 Å². The number of hydrogen-bond donors (Lipinski definition) is 3. The van der Waals surface area contributed by atoms with Crippen LogP contribution < -0.4 is 11.1 Å². The molecule has 1 amide bonds. The number of amides is 1. The molecular weight excluding hydrogens is 220 g/mol. The molecule has 0 saturated carbocycles. The van der Waals surface area contributed by atoms with Crippen LogP contribution in [0.2, 0.25) is 0 Å². The van der Waals surface area contributed by atoms with Crippen molar-refractivity contribution in [2.75, 3.05) is 5.32 Å². The third-order valence-corrected chi connectivity index (χ3v) is 2.24. The lowest BCUT2D eigenvalue weighted by atomic mass is 10.2. The van der Waals surface area contributed by atoms with Gasteiger partial charge in [0.15, 0.2) is 0 Å². The number of benzene rings is 1. The second-order valence-corrected chi connectivity index (χ2v) is 3.70. The van der Waals surface area contributed by atoms with E-state index in [0.29, 0.717) is 18.7 Å². The maximum absolute atomic E-state index is 11.5. The van der Waals surface area contributed by atoms with Crippen molar-refractivity contribution in [1.82, 2.24) is 0 Å². The topological polar surface area (TPSA) is 92.4 Å². The Labute approximate surface area is 99.6 Å². The fourth-order valence-electron chi connectivity index (χ4n) is 1.40. The predicted octanol–water partition coefficient (Wildman–Crippen LogP) is 1.34. The van der Waals surface area contributed by atoms with E-state index >= 15 is 0 Å². The number of hydrogen-bond acceptors (Lipinski definition) is 3. The van der Waals surface area contributed by atoms with Gasteiger partial charge in [-0.2, -0.15) is 0 Å². The Morgan fingerprint density at radius 3 is 2.71 bits per heavy atom. The summed E-state index contributed by atoms with van der Waals surface area (Å²) in [5, 5.41) is 11.1. The van der Waals surface area contributed by atoms with Crippen LogP contribution in [0, 0.1) is 0 Å². The third kappa shape index (κ3) is 5.12. The summed E-state index contributed by atoms with van der Waals surface area (Å²) in [6.07, 6.45) is 0.563. The first-order valence-electron chi connectivity index (χ1n) is 5.42. The maximum Gasteiger partial charge on any atom is 0.303 e. The fraction of sp³-hybridized carbons (Fsp3) is 0.333. The number of nitrogens with one attached hydrogen (secondary N) is 1. The van der Waals surface area contributed by atoms with Gasteiger partial charge in [0.25, 0.3) is 0 Å². The maximum atomic E-state index is 11.5. The van der Waals surface area contributed by atoms with Crippen LogP contribution in [0.3, 0.4) is 0 Å². The second kappa shape index (κ2) is 6.65. The van der Waals surface area contributed by atoms with E-state index in [0.717, 1.165) is 5.56 Å². The normalized spacial score (nSPS) is 9.94. The third-order valence-electron chi connectivity index (χ3n) is 2.24. The molecule has 0 bridgehead atoms. The number of nitrogens with two attached hydrogens (primary N) is 1. The molecule has 5 nitrogen and oxygen atoms in total. The van der Waals surface area contributed by atoms with E-state index in [1.165, 1.54) is 0 Å². The average molecular weight is 236 g/mol. The van der Waals surface area contributed by atoms with Gasteiger partial charge in [0.1, 0.15) is 0 Å². The Morgan fingerprint density at radius 1 is 1.29 bits per heavy atom. The summed E-state index contributed by atoms with van der Waals surface area (Å²) in [5.74, 6) is -1.07. The molecule has 1 aromatic carbocycles. The SMILES string of the molecule is NCc1cccc(NC(=O)CCCC(=O)O)c1. The van der Waals surface area contributed by atoms with Gasteiger partial charge in [-0.05, 0) is 24.1 Å². The highest BCUT2D eigenvalue weighted by Crippen LogP contribution is 2.11. The molecule has 4 N–H and O–H groups in total. The number of carboxylic acid groups (broad SMARTS) is 1. The molecule has 0 heterocycles. The molecule has 0 radical (unpaired) electrons. The summed E-state index contributed by atoms with van der Waals surface area (Å²) in [4.78, 5) is 21.7. The van der Waals surface area contributed by atoms with E-state index in [9.17, 15) is 9.59 Å². The highest BCUT2D eigenvalue weighted by molar-refractivity contribution is 5.90. The van der Waals surface area contributed by atoms with Crippen LogP contribution in [-0.2, 0) is 16.1 Å². The number of carboxylic acids is 1. The van der Waals surface area contributed by atoms with Crippen molar-refractivity contribution >= 4 is 17.6 Å². The summed E-state index contributed by atoms with van der Waals surface area (Å²) >= 11 is 0. The van der Waals surface area contributed by atoms with Crippen molar-refractivity contribution in [3.63, 3.8) is 0 Å². The Bertz CT molecular complexity index is 404. The van der Waals surface area contributed by atoms with Crippen molar-refractivity contribution in [3.8, 4) is 0 Å². The molecule has 0 unspecified atom stereocenters. The summed E-state index contributed by atoms with van der Waals surface area (Å²) < 4.78 is 0. The van der Waals surface area contributed by atoms with Gasteiger partial charge in [-0.3, -0.25) is 9.59 Å². The molecule has 0 fully saturated rings. The zero-order chi connectivity index (χ0) is 12.7. The zero-order valence-electron chi connectivity index (χ0n) is 9.48. The lowest BCUT2D eigenvalue weighted by molar-refractivity contribution is -0.137. The van der Waals surface area contributed by atoms with Crippen molar-refractivity contribution in [2.45, 2.75) is 25.8 Å². The molecule has 0 spiro atoms. The summed E-state index contributed by atoms with van der Waals surface area (Å²) in [6, 6.07) is 7.26. The van der Waals surface area contributed by atoms with Crippen molar-refractivity contribution in [2.24, 2.45) is 5.73 Å². The molecule has 1 rings (SSSR count). The van der Waals surface area contributed by atoms with E-state index in [4.69, 9.17) is 10.8 Å². The lowest BCUT2D eigenvalue weighted by Crippen LogP contribution is -2.12. The number of anilines is 1. The smallest absolute Gasteiger partial charge is 0.303 e. The van der Waals surface area contributed by atoms with Crippen LogP contribution in [0.5, 0.6) is 0 Å². The Kier molecular flexibility index (Phi) is 5.16. The molecule has 92 valence electrons. The van der Waals surface area contributed by atoms with Crippen LogP contribution in [0.1, 0.15) is 24.8 Å². The largest absolute Gasteiger partial charge is 0.481 e. The molecule has 0 aliphatic carbocycles. The van der Waals surface area contributed by atoms with Gasteiger partial charge in [0.2, 0.25) is 5.91 Å². The van der Waals surface area contributed by atoms with Crippen molar-refractivity contribution in [3.05, 3.63) is 29.8 Å². The van der Waals surface area contributed by atoms with Crippen LogP contribution in [0.25, 0.3) is 0 Å². The minimum absolute atomic E-state index is 0.0102. The number of carbonyl (C=O) groups excluding carboxylic acids is 1. The quantitative estimate of drug-likeness (QED) is 0.694. The second-order valence-electron chi connectivity index (χ2n) is 3.70. The van der Waals surface area contributed by atoms with E-state index in [2.05, 4.69) is 5.32 Å². The molecule has 5 heteroatoms. The Hall–Kier alpha value is -1.88. The van der Waals surface area contributed by atoms with E-state index in [1.54, 1.807) is 12.1 Å². The van der Waals surface area contributed by atoms with Gasteiger partial charge in [0, 0.05) is 25.1 Å². The summed E-state index contributed by atoms with van der Waals surface area (Å²) in [5.41, 5.74) is 7.11. The standard InChI is InChI=1S/C12H16N2O3/c13-8-9-3-1-4-10(7-9)14-11(15)5-2-6-12(16)17/h1,3-4,7H,2,5-6,8,13H2,(H,14,15)(H,16,17). The van der Waals surface area contributed by atoms with E-state index in [1.807, 2.05) is 12.1 Å². The van der Waals surface area contributed by atoms with E-state index < -0.39 is 5.97 Å². The molecule has 0 aliphatic heterocycles. The zero-order valence-corrected chi connectivity index (χ0v) is 9.48. The van der Waals surface area contributed by atoms with Crippen LogP contribution in [0.4, 0.5) is 5.69 Å². The van der Waals surface area contributed by atoms with Crippen LogP contribution in [-0.4, -0.2) is 17.0 Å². The molecule has 0 atom stereocenters. The first-order valence-corrected chi connectivity index (χ1v) is 5.42. The summed E-state index contributed by atoms with van der Waals surface area (Å²) in [7, 11) is 0. The van der Waals surface area contributed by atoms with Crippen molar-refractivity contribution < 1.29 is 14.7 Å². The lowest BCUT2D eigenvalue weighted by Gasteiger charge is -2.06. The van der Waals surface area contributed by atoms with Gasteiger partial charge >= 0.3 is 5.97 Å².